The molecule has 2 amide bonds. The van der Waals surface area contributed by atoms with Crippen LogP contribution in [0.25, 0.3) is 32.7 Å². The number of pyridine rings is 2. The van der Waals surface area contributed by atoms with Crippen molar-refractivity contribution < 1.29 is 46.8 Å². The number of methoxy groups -OCH3 is 1. The Morgan fingerprint density at radius 3 is 1.81 bits per heavy atom. The average Bonchev–Trinajstić information content (AvgIpc) is 1.09. The van der Waals surface area contributed by atoms with E-state index in [1.165, 1.54) is 74.5 Å². The fraction of sp³-hybridized carbons (Fsp3) is 0.266. The van der Waals surface area contributed by atoms with E-state index >= 15 is 0 Å². The third-order valence-corrected chi connectivity index (χ3v) is 17.4. The van der Waals surface area contributed by atoms with E-state index in [1.54, 1.807) is 92.2 Å². The number of benzene rings is 6. The Morgan fingerprint density at radius 2 is 1.23 bits per heavy atom. The molecule has 0 saturated carbocycles. The molecule has 1 unspecified atom stereocenters. The molecular weight excluding hydrogens is 1430 g/mol. The summed E-state index contributed by atoms with van der Waals surface area (Å²) in [7, 11) is 9.25. The molecule has 6 heterocycles. The summed E-state index contributed by atoms with van der Waals surface area (Å²) < 4.78 is 55.7. The first-order valence-electron chi connectivity index (χ1n) is 34.3. The van der Waals surface area contributed by atoms with E-state index in [0.29, 0.717) is 140 Å². The number of halogens is 5. The van der Waals surface area contributed by atoms with Crippen LogP contribution in [0.5, 0.6) is 23.0 Å². The number of carbonyl (C=O) groups excluding carboxylic acids is 3. The Kier molecular flexibility index (Phi) is 28.6. The normalized spacial score (nSPS) is 13.7. The first kappa shape index (κ1) is 78.6. The summed E-state index contributed by atoms with van der Waals surface area (Å²) in [5.41, 5.74) is 6.98. The Hall–Kier alpha value is -11.0. The van der Waals surface area contributed by atoms with Crippen molar-refractivity contribution in [3.8, 4) is 29.1 Å². The molecule has 2 aliphatic rings. The smallest absolute Gasteiger partial charge is 0.248 e. The van der Waals surface area contributed by atoms with Crippen molar-refractivity contribution in [1.29, 1.82) is 5.26 Å². The predicted octanol–water partition coefficient (Wildman–Crippen LogP) is 15.7. The first-order valence-corrected chi connectivity index (χ1v) is 35.5. The van der Waals surface area contributed by atoms with Crippen molar-refractivity contribution >= 4 is 131 Å². The topological polar surface area (TPSA) is 268 Å². The zero-order valence-electron chi connectivity index (χ0n) is 59.8. The van der Waals surface area contributed by atoms with Crippen molar-refractivity contribution in [2.24, 2.45) is 0 Å². The summed E-state index contributed by atoms with van der Waals surface area (Å²) in [6, 6.07) is 32.4. The van der Waals surface area contributed by atoms with Gasteiger partial charge in [-0.05, 0) is 152 Å². The summed E-state index contributed by atoms with van der Waals surface area (Å²) in [6.45, 7) is 7.89. The van der Waals surface area contributed by atoms with Gasteiger partial charge in [0.15, 0.2) is 5.78 Å². The maximum Gasteiger partial charge on any atom is 0.248 e. The van der Waals surface area contributed by atoms with Crippen molar-refractivity contribution in [2.75, 3.05) is 114 Å². The Bertz CT molecular complexity index is 4920. The zero-order chi connectivity index (χ0) is 75.8. The van der Waals surface area contributed by atoms with Gasteiger partial charge in [0.25, 0.3) is 0 Å². The molecule has 2 fully saturated rings. The molecule has 0 bridgehead atoms. The summed E-state index contributed by atoms with van der Waals surface area (Å²) in [6.07, 6.45) is 20.7. The highest BCUT2D eigenvalue weighted by Gasteiger charge is 2.23. The second-order valence-electron chi connectivity index (χ2n) is 25.2. The first-order chi connectivity index (χ1) is 51.8. The van der Waals surface area contributed by atoms with E-state index in [0.717, 1.165) is 42.7 Å². The number of nitrogens with zero attached hydrogens (tertiary/aromatic N) is 10. The van der Waals surface area contributed by atoms with Gasteiger partial charge < -0.3 is 60.1 Å². The highest BCUT2D eigenvalue weighted by molar-refractivity contribution is 6.32. The van der Waals surface area contributed by atoms with Crippen LogP contribution in [-0.4, -0.2) is 156 Å². The lowest BCUT2D eigenvalue weighted by atomic mass is 10.0. The quantitative estimate of drug-likeness (QED) is 0.0299. The number of aromatic nitrogens is 6. The zero-order valence-corrected chi connectivity index (χ0v) is 62.0. The van der Waals surface area contributed by atoms with E-state index in [-0.39, 0.29) is 46.8 Å². The van der Waals surface area contributed by atoms with Gasteiger partial charge in [-0.2, -0.15) is 5.26 Å². The molecule has 107 heavy (non-hydrogen) atoms. The van der Waals surface area contributed by atoms with Gasteiger partial charge in [-0.3, -0.25) is 29.3 Å². The molecule has 5 N–H and O–H groups in total. The number of hydrogen-bond acceptors (Lipinski definition) is 21. The molecule has 0 spiro atoms. The van der Waals surface area contributed by atoms with Crippen LogP contribution >= 0.6 is 34.8 Å². The SMILES string of the molecule is CCOc1cc2ncc(C#N)c(Nc3ccc(OCc4ccccn4)c(Cl)c3)c2cc1NC(=O)/C=C/CN(C)C.CN(C)C/C=C/C(=O)Nc1cc2c(Nc3ccc(F)c(Cl)c3)ncnc2cc1OC1CCOC1.COc1cc2ncnc(Nc3ccc(F)c(Cl)c3)c2cc1CC(=O)/C=C/CN1CCCCC1. The molecule has 2 saturated heterocycles. The molecule has 2 aliphatic heterocycles. The molecular formula is C79H80Cl3F2N15O8. The van der Waals surface area contributed by atoms with Crippen LogP contribution in [0.3, 0.4) is 0 Å². The number of anilines is 8. The minimum Gasteiger partial charge on any atom is -0.496 e. The summed E-state index contributed by atoms with van der Waals surface area (Å²) in [5.74, 6) is 1.49. The number of carbonyl (C=O) groups is 3. The Morgan fingerprint density at radius 1 is 0.645 bits per heavy atom. The summed E-state index contributed by atoms with van der Waals surface area (Å²) >= 11 is 18.3. The second-order valence-corrected chi connectivity index (χ2v) is 26.4. The average molecular weight is 1510 g/mol. The van der Waals surface area contributed by atoms with Crippen molar-refractivity contribution in [2.45, 2.75) is 51.7 Å². The van der Waals surface area contributed by atoms with Crippen molar-refractivity contribution in [1.82, 2.24) is 44.6 Å². The molecule has 10 aromatic rings. The maximum atomic E-state index is 13.6. The standard InChI is InChI=1S/C30H29ClN6O3.C25H26ClFN4O2.C24H25ClFN5O3/c1-4-39-28-16-25-23(15-26(28)36-29(38)9-7-13-37(2)3)30(20(17-32)18-34-25)35-21-10-11-27(24(31)14-21)40-19-22-8-5-6-12-33-22;1-33-24-15-23-20(25(29-16-28-23)30-18-7-8-22(27)21(26)14-18)13-17(24)12-19(32)6-5-11-31-9-3-2-4-10-31;1-31(2)8-3-4-23(32)30-21-11-17-20(12-22(21)34-16-7-9-33-13-16)27-14-28-24(17)29-15-5-6-19(26)18(25)10-15/h5-12,14-16,18H,4,13,19H2,1-3H3,(H,34,35)(H,36,38);5-8,13-16H,2-4,9-12H2,1H3,(H,28,29,30);3-6,10-12,14,16H,7-9,13H2,1-2H3,(H,30,32)(H,27,28,29)/b9-7+;6-5+;4-3+. The van der Waals surface area contributed by atoms with Gasteiger partial charge in [0, 0.05) is 114 Å². The number of ketones is 1. The molecule has 0 radical (unpaired) electrons. The number of likely N-dealkylation sites (N-methyl/N-ethyl adjacent to an activating group) is 2. The highest BCUT2D eigenvalue weighted by atomic mass is 35.5. The number of fused-ring (bicyclic) bond motifs is 3. The van der Waals surface area contributed by atoms with Crippen LogP contribution in [0, 0.1) is 23.0 Å². The molecule has 0 aliphatic carbocycles. The van der Waals surface area contributed by atoms with Crippen LogP contribution in [0.1, 0.15) is 49.4 Å². The van der Waals surface area contributed by atoms with Crippen LogP contribution in [0.4, 0.5) is 54.5 Å². The number of nitrogens with one attached hydrogen (secondary N) is 5. The lowest BCUT2D eigenvalue weighted by molar-refractivity contribution is -0.114. The largest absolute Gasteiger partial charge is 0.496 e. The molecule has 4 aromatic heterocycles. The number of rotatable bonds is 27. The number of hydrogen-bond donors (Lipinski definition) is 5. The number of amides is 2. The molecule has 23 nitrogen and oxygen atoms in total. The van der Waals surface area contributed by atoms with Gasteiger partial charge >= 0.3 is 0 Å². The summed E-state index contributed by atoms with van der Waals surface area (Å²) in [4.78, 5) is 70.1. The van der Waals surface area contributed by atoms with E-state index in [2.05, 4.69) is 67.5 Å². The maximum absolute atomic E-state index is 13.6. The molecule has 12 rings (SSSR count). The fourth-order valence-electron chi connectivity index (χ4n) is 11.2. The lowest BCUT2D eigenvalue weighted by Crippen LogP contribution is -2.29. The van der Waals surface area contributed by atoms with Gasteiger partial charge in [0.1, 0.15) is 77.7 Å². The van der Waals surface area contributed by atoms with Gasteiger partial charge in [0.2, 0.25) is 11.8 Å². The van der Waals surface area contributed by atoms with E-state index in [4.69, 9.17) is 58.5 Å². The van der Waals surface area contributed by atoms with Crippen LogP contribution in [0.2, 0.25) is 15.1 Å². The van der Waals surface area contributed by atoms with Gasteiger partial charge in [-0.1, -0.05) is 65.5 Å². The highest BCUT2D eigenvalue weighted by Crippen LogP contribution is 2.40. The third-order valence-electron chi connectivity index (χ3n) is 16.5. The molecule has 28 heteroatoms. The number of likely N-dealkylation sites (tertiary alicyclic amines) is 1. The minimum atomic E-state index is -0.509. The lowest BCUT2D eigenvalue weighted by Gasteiger charge is -2.24. The van der Waals surface area contributed by atoms with E-state index < -0.39 is 11.6 Å². The van der Waals surface area contributed by atoms with Crippen LogP contribution in [0.15, 0.2) is 171 Å². The van der Waals surface area contributed by atoms with Crippen LogP contribution in [-0.2, 0) is 32.1 Å². The molecule has 554 valence electrons. The fourth-order valence-corrected chi connectivity index (χ4v) is 11.8. The van der Waals surface area contributed by atoms with Crippen molar-refractivity contribution in [3.63, 3.8) is 0 Å². The van der Waals surface area contributed by atoms with Crippen LogP contribution < -0.4 is 45.5 Å². The molecule has 6 aromatic carbocycles. The van der Waals surface area contributed by atoms with Crippen molar-refractivity contribution in [3.05, 3.63) is 214 Å². The number of allylic oxidation sites excluding steroid dienone is 1. The Balaban J connectivity index is 0.000000172. The van der Waals surface area contributed by atoms with E-state index in [9.17, 15) is 28.4 Å². The second kappa shape index (κ2) is 38.9. The third kappa shape index (κ3) is 22.8. The van der Waals surface area contributed by atoms with E-state index in [1.807, 2.05) is 75.3 Å². The van der Waals surface area contributed by atoms with Gasteiger partial charge in [0.05, 0.1) is 86.9 Å². The predicted molar refractivity (Wildman–Crippen MR) is 417 cm³/mol. The summed E-state index contributed by atoms with van der Waals surface area (Å²) in [5, 5.41) is 27.6. The molecule has 1 atom stereocenters. The monoisotopic (exact) mass is 1510 g/mol. The van der Waals surface area contributed by atoms with Gasteiger partial charge in [-0.15, -0.1) is 0 Å². The Labute approximate surface area is 633 Å². The number of nitriles is 1. The number of piperidine rings is 1. The minimum absolute atomic E-state index is 0.00124. The van der Waals surface area contributed by atoms with Gasteiger partial charge in [-0.25, -0.2) is 28.7 Å². The number of ether oxygens (including phenoxy) is 5.